The Kier molecular flexibility index (Phi) is 5.22. The van der Waals surface area contributed by atoms with Crippen LogP contribution >= 0.6 is 0 Å². The standard InChI is InChI=1S/C12H25N3O/c1-4-5-12(6-7-14-10-12)11(16)15(3)9-8-13-2/h13-14H,4-10H2,1-3H3. The molecule has 1 atom stereocenters. The second kappa shape index (κ2) is 6.21. The van der Waals surface area contributed by atoms with E-state index in [0.717, 1.165) is 45.4 Å². The molecule has 1 heterocycles. The molecular formula is C12H25N3O. The van der Waals surface area contributed by atoms with Crippen LogP contribution in [0.15, 0.2) is 0 Å². The van der Waals surface area contributed by atoms with E-state index in [4.69, 9.17) is 0 Å². The maximum Gasteiger partial charge on any atom is 0.229 e. The third-order valence-corrected chi connectivity index (χ3v) is 3.47. The van der Waals surface area contributed by atoms with Crippen LogP contribution in [0, 0.1) is 5.41 Å². The molecule has 1 rings (SSSR count). The molecule has 1 unspecified atom stereocenters. The van der Waals surface area contributed by atoms with E-state index in [0.29, 0.717) is 5.91 Å². The second-order valence-corrected chi connectivity index (χ2v) is 4.79. The van der Waals surface area contributed by atoms with Gasteiger partial charge in [-0.3, -0.25) is 4.79 Å². The highest BCUT2D eigenvalue weighted by Crippen LogP contribution is 2.32. The summed E-state index contributed by atoms with van der Waals surface area (Å²) in [5.41, 5.74) is -0.128. The lowest BCUT2D eigenvalue weighted by Crippen LogP contribution is -2.45. The molecule has 1 saturated heterocycles. The summed E-state index contributed by atoms with van der Waals surface area (Å²) >= 11 is 0. The van der Waals surface area contributed by atoms with Crippen LogP contribution in [0.2, 0.25) is 0 Å². The molecule has 2 N–H and O–H groups in total. The van der Waals surface area contributed by atoms with E-state index >= 15 is 0 Å². The van der Waals surface area contributed by atoms with Gasteiger partial charge in [0.2, 0.25) is 5.91 Å². The summed E-state index contributed by atoms with van der Waals surface area (Å²) in [6.07, 6.45) is 3.07. The first-order valence-electron chi connectivity index (χ1n) is 6.27. The SMILES string of the molecule is CCCC1(C(=O)N(C)CCNC)CCNC1. The van der Waals surface area contributed by atoms with Crippen LogP contribution in [0.3, 0.4) is 0 Å². The second-order valence-electron chi connectivity index (χ2n) is 4.79. The zero-order valence-corrected chi connectivity index (χ0v) is 10.8. The average molecular weight is 227 g/mol. The highest BCUT2D eigenvalue weighted by atomic mass is 16.2. The molecule has 16 heavy (non-hydrogen) atoms. The van der Waals surface area contributed by atoms with Gasteiger partial charge in [0.05, 0.1) is 5.41 Å². The smallest absolute Gasteiger partial charge is 0.229 e. The first-order chi connectivity index (χ1) is 7.66. The predicted octanol–water partition coefficient (Wildman–Crippen LogP) is 0.444. The Morgan fingerprint density at radius 1 is 1.56 bits per heavy atom. The molecular weight excluding hydrogens is 202 g/mol. The van der Waals surface area contributed by atoms with Crippen molar-refractivity contribution < 1.29 is 4.79 Å². The topological polar surface area (TPSA) is 44.4 Å². The fourth-order valence-corrected chi connectivity index (χ4v) is 2.51. The summed E-state index contributed by atoms with van der Waals surface area (Å²) in [6, 6.07) is 0. The minimum atomic E-state index is -0.128. The van der Waals surface area contributed by atoms with E-state index in [1.165, 1.54) is 0 Å². The van der Waals surface area contributed by atoms with Crippen molar-refractivity contribution in [2.75, 3.05) is 40.3 Å². The first kappa shape index (κ1) is 13.5. The van der Waals surface area contributed by atoms with Gasteiger partial charge in [-0.2, -0.15) is 0 Å². The monoisotopic (exact) mass is 227 g/mol. The number of hydrogen-bond donors (Lipinski definition) is 2. The Morgan fingerprint density at radius 2 is 2.31 bits per heavy atom. The molecule has 4 heteroatoms. The van der Waals surface area contributed by atoms with Crippen LogP contribution in [0.5, 0.6) is 0 Å². The Hall–Kier alpha value is -0.610. The number of carbonyl (C=O) groups excluding carboxylic acids is 1. The lowest BCUT2D eigenvalue weighted by atomic mass is 9.81. The van der Waals surface area contributed by atoms with Gasteiger partial charge in [0, 0.05) is 26.7 Å². The van der Waals surface area contributed by atoms with Gasteiger partial charge >= 0.3 is 0 Å². The molecule has 0 aromatic rings. The lowest BCUT2D eigenvalue weighted by molar-refractivity contribution is -0.140. The van der Waals surface area contributed by atoms with E-state index in [-0.39, 0.29) is 5.41 Å². The fraction of sp³-hybridized carbons (Fsp3) is 0.917. The number of likely N-dealkylation sites (N-methyl/N-ethyl adjacent to an activating group) is 2. The minimum absolute atomic E-state index is 0.128. The molecule has 4 nitrogen and oxygen atoms in total. The number of amides is 1. The van der Waals surface area contributed by atoms with Crippen molar-refractivity contribution in [2.24, 2.45) is 5.41 Å². The molecule has 0 saturated carbocycles. The van der Waals surface area contributed by atoms with Gasteiger partial charge in [-0.1, -0.05) is 13.3 Å². The quantitative estimate of drug-likeness (QED) is 0.692. The van der Waals surface area contributed by atoms with Crippen molar-refractivity contribution >= 4 is 5.91 Å². The molecule has 0 aromatic carbocycles. The summed E-state index contributed by atoms with van der Waals surface area (Å²) in [6.45, 7) is 5.63. The van der Waals surface area contributed by atoms with Crippen LogP contribution in [-0.2, 0) is 4.79 Å². The fourth-order valence-electron chi connectivity index (χ4n) is 2.51. The van der Waals surface area contributed by atoms with Gasteiger partial charge in [0.15, 0.2) is 0 Å². The number of nitrogens with zero attached hydrogens (tertiary/aromatic N) is 1. The Labute approximate surface area is 98.8 Å². The number of rotatable bonds is 6. The lowest BCUT2D eigenvalue weighted by Gasteiger charge is -2.31. The molecule has 0 radical (unpaired) electrons. The number of carbonyl (C=O) groups is 1. The predicted molar refractivity (Wildman–Crippen MR) is 66.4 cm³/mol. The van der Waals surface area contributed by atoms with E-state index in [1.54, 1.807) is 0 Å². The molecule has 0 aliphatic carbocycles. The minimum Gasteiger partial charge on any atom is -0.344 e. The van der Waals surface area contributed by atoms with Crippen molar-refractivity contribution in [3.05, 3.63) is 0 Å². The average Bonchev–Trinajstić information content (AvgIpc) is 2.75. The Bertz CT molecular complexity index is 224. The van der Waals surface area contributed by atoms with Gasteiger partial charge in [-0.15, -0.1) is 0 Å². The molecule has 1 aliphatic heterocycles. The van der Waals surface area contributed by atoms with Gasteiger partial charge in [-0.25, -0.2) is 0 Å². The zero-order chi connectivity index (χ0) is 12.0. The van der Waals surface area contributed by atoms with Crippen LogP contribution in [0.1, 0.15) is 26.2 Å². The Morgan fingerprint density at radius 3 is 2.81 bits per heavy atom. The van der Waals surface area contributed by atoms with Crippen molar-refractivity contribution in [2.45, 2.75) is 26.2 Å². The zero-order valence-electron chi connectivity index (χ0n) is 10.8. The van der Waals surface area contributed by atoms with E-state index in [1.807, 2.05) is 19.0 Å². The molecule has 1 aliphatic rings. The summed E-state index contributed by atoms with van der Waals surface area (Å²) in [5.74, 6) is 0.314. The summed E-state index contributed by atoms with van der Waals surface area (Å²) in [7, 11) is 3.83. The van der Waals surface area contributed by atoms with Crippen LogP contribution in [-0.4, -0.2) is 51.1 Å². The van der Waals surface area contributed by atoms with Crippen LogP contribution in [0.25, 0.3) is 0 Å². The van der Waals surface area contributed by atoms with Gasteiger partial charge in [-0.05, 0) is 26.4 Å². The number of nitrogens with one attached hydrogen (secondary N) is 2. The molecule has 0 spiro atoms. The molecule has 94 valence electrons. The third kappa shape index (κ3) is 2.95. The molecule has 0 aromatic heterocycles. The summed E-state index contributed by atoms with van der Waals surface area (Å²) in [4.78, 5) is 14.3. The first-order valence-corrected chi connectivity index (χ1v) is 6.27. The molecule has 0 bridgehead atoms. The summed E-state index contributed by atoms with van der Waals surface area (Å²) in [5, 5.41) is 6.41. The third-order valence-electron chi connectivity index (χ3n) is 3.47. The van der Waals surface area contributed by atoms with Crippen molar-refractivity contribution in [1.82, 2.24) is 15.5 Å². The summed E-state index contributed by atoms with van der Waals surface area (Å²) < 4.78 is 0. The van der Waals surface area contributed by atoms with E-state index in [2.05, 4.69) is 17.6 Å². The highest BCUT2D eigenvalue weighted by molar-refractivity contribution is 5.83. The molecule has 1 amide bonds. The largest absolute Gasteiger partial charge is 0.344 e. The van der Waals surface area contributed by atoms with Crippen LogP contribution in [0.4, 0.5) is 0 Å². The molecule has 1 fully saturated rings. The maximum atomic E-state index is 12.4. The van der Waals surface area contributed by atoms with E-state index < -0.39 is 0 Å². The van der Waals surface area contributed by atoms with E-state index in [9.17, 15) is 4.79 Å². The van der Waals surface area contributed by atoms with Crippen LogP contribution < -0.4 is 10.6 Å². The van der Waals surface area contributed by atoms with Gasteiger partial charge in [0.25, 0.3) is 0 Å². The van der Waals surface area contributed by atoms with Crippen molar-refractivity contribution in [3.8, 4) is 0 Å². The van der Waals surface area contributed by atoms with Crippen molar-refractivity contribution in [3.63, 3.8) is 0 Å². The van der Waals surface area contributed by atoms with Crippen molar-refractivity contribution in [1.29, 1.82) is 0 Å². The normalized spacial score (nSPS) is 24.7. The Balaban J connectivity index is 2.60. The van der Waals surface area contributed by atoms with Gasteiger partial charge in [0.1, 0.15) is 0 Å². The number of hydrogen-bond acceptors (Lipinski definition) is 3. The maximum absolute atomic E-state index is 12.4. The highest BCUT2D eigenvalue weighted by Gasteiger charge is 2.41. The van der Waals surface area contributed by atoms with Gasteiger partial charge < -0.3 is 15.5 Å².